The number of imidazole rings is 1. The Morgan fingerprint density at radius 3 is 2.06 bits per heavy atom. The number of nitrogens with zero attached hydrogens (tertiary/aromatic N) is 1. The molecular weight excluding hydrogens is 697 g/mol. The highest BCUT2D eigenvalue weighted by Crippen LogP contribution is 2.19. The Kier molecular flexibility index (Phi) is 14.2. The number of ether oxygens (including phenoxy) is 1. The number of benzene rings is 2. The molecule has 0 aliphatic heterocycles. The molecule has 0 bridgehead atoms. The molecule has 280 valence electrons. The zero-order chi connectivity index (χ0) is 38.3. The van der Waals surface area contributed by atoms with E-state index < -0.39 is 91.6 Å². The summed E-state index contributed by atoms with van der Waals surface area (Å²) < 4.78 is 18.5. The number of aliphatic carboxylic acids is 2. The Morgan fingerprint density at radius 2 is 1.40 bits per heavy atom. The third-order valence-electron chi connectivity index (χ3n) is 8.03. The molecule has 0 radical (unpaired) electrons. The lowest BCUT2D eigenvalue weighted by atomic mass is 10.0. The Hall–Kier alpha value is -6.59. The lowest BCUT2D eigenvalue weighted by Crippen LogP contribution is -2.58. The molecule has 2 aromatic heterocycles. The molecular formula is C35H38FN7O10. The Bertz CT molecular complexity index is 1900. The summed E-state index contributed by atoms with van der Waals surface area (Å²) in [5.41, 5.74) is 2.39. The number of nitrogens with one attached hydrogen (secondary N) is 6. The number of rotatable bonds is 20. The molecule has 0 saturated carbocycles. The van der Waals surface area contributed by atoms with Gasteiger partial charge < -0.3 is 46.2 Å². The normalized spacial score (nSPS) is 13.2. The number of H-pyrrole nitrogens is 2. The van der Waals surface area contributed by atoms with Crippen molar-refractivity contribution in [3.8, 4) is 0 Å². The number of ketones is 1. The molecule has 2 heterocycles. The molecule has 4 aromatic rings. The van der Waals surface area contributed by atoms with Crippen LogP contribution in [0, 0.1) is 0 Å². The number of hydrogen-bond donors (Lipinski definition) is 8. The number of amides is 4. The van der Waals surface area contributed by atoms with E-state index in [2.05, 4.69) is 36.2 Å². The molecule has 0 saturated heterocycles. The summed E-state index contributed by atoms with van der Waals surface area (Å²) in [6, 6.07) is 9.78. The van der Waals surface area contributed by atoms with Gasteiger partial charge in [0.15, 0.2) is 5.78 Å². The molecule has 0 aliphatic rings. The first-order valence-corrected chi connectivity index (χ1v) is 16.4. The van der Waals surface area contributed by atoms with Gasteiger partial charge in [-0.1, -0.05) is 48.5 Å². The summed E-state index contributed by atoms with van der Waals surface area (Å²) in [5, 5.41) is 28.9. The van der Waals surface area contributed by atoms with Crippen LogP contribution in [0.4, 0.5) is 9.18 Å². The quantitative estimate of drug-likeness (QED) is 0.0642. The molecule has 0 fully saturated rings. The second-order valence-corrected chi connectivity index (χ2v) is 11.9. The summed E-state index contributed by atoms with van der Waals surface area (Å²) in [4.78, 5) is 98.4. The lowest BCUT2D eigenvalue weighted by Gasteiger charge is -2.26. The summed E-state index contributed by atoms with van der Waals surface area (Å²) in [5.74, 6) is -6.99. The second-order valence-electron chi connectivity index (χ2n) is 11.9. The largest absolute Gasteiger partial charge is 0.481 e. The van der Waals surface area contributed by atoms with Crippen LogP contribution in [0.25, 0.3) is 10.9 Å². The van der Waals surface area contributed by atoms with Gasteiger partial charge >= 0.3 is 18.0 Å². The summed E-state index contributed by atoms with van der Waals surface area (Å²) in [6.07, 6.45) is 0.974. The number of Topliss-reactive ketones (excluding diaryl/α,β-unsaturated/α-hetero) is 1. The SMILES string of the molecule is O=C(O)CC[C@H](NC(=O)[C@H](Cc1c[nH]c2ccccc12)NC(=O)OCc1ccccc1)C(=O)N[C@@H](Cc1cnc[nH]1)C(=O)N[C@@H](CC(=O)O)C(=O)CF. The molecule has 17 nitrogen and oxygen atoms in total. The number of carboxylic acid groups (broad SMARTS) is 2. The number of alkyl halides is 1. The van der Waals surface area contributed by atoms with E-state index in [1.165, 1.54) is 12.5 Å². The number of alkyl carbamates (subject to hydrolysis) is 1. The van der Waals surface area contributed by atoms with Gasteiger partial charge in [-0.25, -0.2) is 14.2 Å². The minimum absolute atomic E-state index is 0.0814. The maximum atomic E-state index is 13.9. The Morgan fingerprint density at radius 1 is 0.755 bits per heavy atom. The van der Waals surface area contributed by atoms with Crippen LogP contribution in [0.3, 0.4) is 0 Å². The predicted octanol–water partition coefficient (Wildman–Crippen LogP) is 1.30. The number of carbonyl (C=O) groups excluding carboxylic acids is 5. The van der Waals surface area contributed by atoms with Crippen LogP contribution in [0.1, 0.15) is 36.1 Å². The maximum Gasteiger partial charge on any atom is 0.408 e. The van der Waals surface area contributed by atoms with Crippen molar-refractivity contribution < 1.29 is 52.9 Å². The van der Waals surface area contributed by atoms with Gasteiger partial charge in [0.05, 0.1) is 12.7 Å². The third-order valence-corrected chi connectivity index (χ3v) is 8.03. The van der Waals surface area contributed by atoms with Crippen molar-refractivity contribution >= 4 is 52.4 Å². The molecule has 8 N–H and O–H groups in total. The number of fused-ring (bicyclic) bond motifs is 1. The van der Waals surface area contributed by atoms with Crippen LogP contribution in [-0.2, 0) is 53.0 Å². The van der Waals surface area contributed by atoms with Gasteiger partial charge in [-0.05, 0) is 23.6 Å². The number of halogens is 1. The van der Waals surface area contributed by atoms with E-state index in [1.54, 1.807) is 48.7 Å². The molecule has 4 atom stereocenters. The first-order chi connectivity index (χ1) is 25.4. The molecule has 0 spiro atoms. The van der Waals surface area contributed by atoms with Gasteiger partial charge in [-0.3, -0.25) is 28.8 Å². The smallest absolute Gasteiger partial charge is 0.408 e. The molecule has 18 heteroatoms. The van der Waals surface area contributed by atoms with Gasteiger partial charge in [-0.2, -0.15) is 0 Å². The summed E-state index contributed by atoms with van der Waals surface area (Å²) in [7, 11) is 0. The first-order valence-electron chi connectivity index (χ1n) is 16.4. The van der Waals surface area contributed by atoms with Crippen LogP contribution >= 0.6 is 0 Å². The van der Waals surface area contributed by atoms with Crippen molar-refractivity contribution in [2.75, 3.05) is 6.67 Å². The van der Waals surface area contributed by atoms with E-state index >= 15 is 0 Å². The lowest BCUT2D eigenvalue weighted by molar-refractivity contribution is -0.141. The number of aromatic amines is 2. The molecule has 2 aromatic carbocycles. The van der Waals surface area contributed by atoms with E-state index in [9.17, 15) is 48.2 Å². The van der Waals surface area contributed by atoms with E-state index in [1.807, 2.05) is 12.1 Å². The zero-order valence-electron chi connectivity index (χ0n) is 28.2. The van der Waals surface area contributed by atoms with Crippen molar-refractivity contribution in [3.63, 3.8) is 0 Å². The monoisotopic (exact) mass is 735 g/mol. The molecule has 0 unspecified atom stereocenters. The minimum atomic E-state index is -1.76. The van der Waals surface area contributed by atoms with Crippen LogP contribution in [-0.4, -0.2) is 97.5 Å². The summed E-state index contributed by atoms with van der Waals surface area (Å²) >= 11 is 0. The fraction of sp³-hybridized carbons (Fsp3) is 0.314. The molecule has 4 rings (SSSR count). The summed E-state index contributed by atoms with van der Waals surface area (Å²) in [6.45, 7) is -1.67. The fourth-order valence-corrected chi connectivity index (χ4v) is 5.33. The van der Waals surface area contributed by atoms with Crippen molar-refractivity contribution in [2.24, 2.45) is 0 Å². The van der Waals surface area contributed by atoms with Crippen molar-refractivity contribution in [3.05, 3.63) is 90.1 Å². The van der Waals surface area contributed by atoms with Crippen LogP contribution in [0.15, 0.2) is 73.3 Å². The average Bonchev–Trinajstić information content (AvgIpc) is 3.81. The first kappa shape index (κ1) is 39.2. The third kappa shape index (κ3) is 12.0. The highest BCUT2D eigenvalue weighted by molar-refractivity contribution is 5.97. The number of carboxylic acids is 2. The predicted molar refractivity (Wildman–Crippen MR) is 184 cm³/mol. The highest BCUT2D eigenvalue weighted by Gasteiger charge is 2.33. The van der Waals surface area contributed by atoms with Crippen LogP contribution in [0.2, 0.25) is 0 Å². The molecule has 53 heavy (non-hydrogen) atoms. The van der Waals surface area contributed by atoms with Gasteiger partial charge in [0.1, 0.15) is 37.4 Å². The fourth-order valence-electron chi connectivity index (χ4n) is 5.33. The van der Waals surface area contributed by atoms with Crippen molar-refractivity contribution in [1.82, 2.24) is 36.2 Å². The van der Waals surface area contributed by atoms with Gasteiger partial charge in [0.25, 0.3) is 0 Å². The number of aromatic nitrogens is 3. The van der Waals surface area contributed by atoms with Gasteiger partial charge in [-0.15, -0.1) is 0 Å². The Balaban J connectivity index is 1.56. The molecule has 4 amide bonds. The van der Waals surface area contributed by atoms with Crippen LogP contribution < -0.4 is 21.3 Å². The van der Waals surface area contributed by atoms with Crippen LogP contribution in [0.5, 0.6) is 0 Å². The highest BCUT2D eigenvalue weighted by atomic mass is 19.1. The minimum Gasteiger partial charge on any atom is -0.481 e. The van der Waals surface area contributed by atoms with E-state index in [0.717, 1.165) is 10.9 Å². The van der Waals surface area contributed by atoms with Crippen molar-refractivity contribution in [2.45, 2.75) is 62.9 Å². The molecule has 0 aliphatic carbocycles. The van der Waals surface area contributed by atoms with Gasteiger partial charge in [0.2, 0.25) is 17.7 Å². The van der Waals surface area contributed by atoms with E-state index in [0.29, 0.717) is 16.8 Å². The second kappa shape index (κ2) is 19.1. The Labute approximate surface area is 301 Å². The van der Waals surface area contributed by atoms with E-state index in [4.69, 9.17) is 4.74 Å². The maximum absolute atomic E-state index is 13.9. The number of hydrogen-bond acceptors (Lipinski definition) is 9. The van der Waals surface area contributed by atoms with Gasteiger partial charge in [0, 0.05) is 48.3 Å². The topological polar surface area (TPSA) is 262 Å². The number of carbonyl (C=O) groups is 7. The standard InChI is InChI=1S/C35H38FN7O10/c36-15-29(44)26(14-31(47)48)41-34(51)28(13-22-17-37-19-39-22)42-32(49)25(10-11-30(45)46)40-33(50)27(12-21-16-38-24-9-5-4-8-23(21)24)43-35(52)53-18-20-6-2-1-3-7-20/h1-9,16-17,19,25-28,38H,10-15,18H2,(H,37,39)(H,40,50)(H,41,51)(H,42,49)(H,43,52)(H,45,46)(H,47,48)/t25-,26-,27-,28-/m0/s1. The zero-order valence-corrected chi connectivity index (χ0v) is 28.2. The van der Waals surface area contributed by atoms with Crippen molar-refractivity contribution in [1.29, 1.82) is 0 Å². The number of para-hydroxylation sites is 1. The van der Waals surface area contributed by atoms with E-state index in [-0.39, 0.29) is 19.4 Å². The average molecular weight is 736 g/mol.